The third-order valence-corrected chi connectivity index (χ3v) is 2.75. The van der Waals surface area contributed by atoms with Crippen molar-refractivity contribution in [1.82, 2.24) is 5.32 Å². The molecule has 0 atom stereocenters. The minimum Gasteiger partial charge on any atom is -0.464 e. The summed E-state index contributed by atoms with van der Waals surface area (Å²) in [5.41, 5.74) is 3.42. The molecule has 0 spiro atoms. The lowest BCUT2D eigenvalue weighted by atomic mass is 10.1. The molecule has 0 aromatic heterocycles. The van der Waals surface area contributed by atoms with Crippen LogP contribution in [0.15, 0.2) is 23.9 Å². The number of nitrogens with one attached hydrogen (secondary N) is 1. The minimum atomic E-state index is -4.55. The molecular weight excluding hydrogens is 341 g/mol. The number of hydrogen-bond donors (Lipinski definition) is 2. The molecule has 0 heterocycles. The second-order valence-corrected chi connectivity index (χ2v) is 6.02. The molecule has 1 amide bonds. The largest absolute Gasteiger partial charge is 0.464 e. The first-order valence-corrected chi connectivity index (χ1v) is 7.10. The van der Waals surface area contributed by atoms with Crippen molar-refractivity contribution in [2.45, 2.75) is 32.5 Å². The van der Waals surface area contributed by atoms with E-state index in [0.717, 1.165) is 31.4 Å². The Kier molecular flexibility index (Phi) is 6.06. The van der Waals surface area contributed by atoms with Gasteiger partial charge in [-0.05, 0) is 44.5 Å². The van der Waals surface area contributed by atoms with E-state index in [1.165, 1.54) is 0 Å². The number of rotatable bonds is 3. The number of benzene rings is 1. The van der Waals surface area contributed by atoms with Crippen molar-refractivity contribution in [3.05, 3.63) is 35.0 Å². The van der Waals surface area contributed by atoms with Gasteiger partial charge in [0, 0.05) is 5.69 Å². The van der Waals surface area contributed by atoms with Gasteiger partial charge in [0.25, 0.3) is 0 Å². The van der Waals surface area contributed by atoms with Crippen molar-refractivity contribution in [3.8, 4) is 0 Å². The number of carbonyl (C=O) groups is 2. The molecule has 0 saturated carbocycles. The second kappa shape index (κ2) is 7.45. The standard InChI is InChI=1S/C16H19F3N2O4/c1-15(2,3)25-14(23)21-12(13(22)24-4)7-9-5-6-10(8-11(9)20)16(17,18)19/h5-8H,20H2,1-4H3,(H,21,23)/b12-7-. The zero-order valence-electron chi connectivity index (χ0n) is 14.2. The molecule has 0 saturated heterocycles. The number of amides is 1. The van der Waals surface area contributed by atoms with E-state index in [4.69, 9.17) is 10.5 Å². The molecule has 1 rings (SSSR count). The van der Waals surface area contributed by atoms with Gasteiger partial charge >= 0.3 is 18.2 Å². The van der Waals surface area contributed by atoms with Gasteiger partial charge in [-0.1, -0.05) is 6.07 Å². The normalized spacial score (nSPS) is 12.5. The van der Waals surface area contributed by atoms with Crippen molar-refractivity contribution in [3.63, 3.8) is 0 Å². The van der Waals surface area contributed by atoms with Gasteiger partial charge in [-0.15, -0.1) is 0 Å². The lowest BCUT2D eigenvalue weighted by Crippen LogP contribution is -2.34. The van der Waals surface area contributed by atoms with Crippen LogP contribution in [0.4, 0.5) is 23.7 Å². The van der Waals surface area contributed by atoms with E-state index >= 15 is 0 Å². The van der Waals surface area contributed by atoms with Gasteiger partial charge < -0.3 is 15.2 Å². The number of methoxy groups -OCH3 is 1. The van der Waals surface area contributed by atoms with E-state index in [2.05, 4.69) is 10.1 Å². The Morgan fingerprint density at radius 1 is 1.20 bits per heavy atom. The van der Waals surface area contributed by atoms with Gasteiger partial charge in [-0.3, -0.25) is 5.32 Å². The van der Waals surface area contributed by atoms with Crippen molar-refractivity contribution in [1.29, 1.82) is 0 Å². The zero-order valence-corrected chi connectivity index (χ0v) is 14.2. The van der Waals surface area contributed by atoms with E-state index in [1.807, 2.05) is 0 Å². The molecule has 0 aliphatic carbocycles. The Bertz CT molecular complexity index is 692. The number of nitrogen functional groups attached to an aromatic ring is 1. The Morgan fingerprint density at radius 2 is 1.80 bits per heavy atom. The number of anilines is 1. The number of carbonyl (C=O) groups excluding carboxylic acids is 2. The van der Waals surface area contributed by atoms with Crippen LogP contribution in [0.25, 0.3) is 6.08 Å². The summed E-state index contributed by atoms with van der Waals surface area (Å²) in [6.07, 6.45) is -4.36. The average Bonchev–Trinajstić information content (AvgIpc) is 2.44. The van der Waals surface area contributed by atoms with E-state index in [0.29, 0.717) is 0 Å². The minimum absolute atomic E-state index is 0.101. The third-order valence-electron chi connectivity index (χ3n) is 2.75. The van der Waals surface area contributed by atoms with Gasteiger partial charge in [0.2, 0.25) is 0 Å². The number of halogens is 3. The maximum Gasteiger partial charge on any atom is 0.416 e. The Balaban J connectivity index is 3.15. The summed E-state index contributed by atoms with van der Waals surface area (Å²) in [6, 6.07) is 2.62. The first-order chi connectivity index (χ1) is 11.3. The number of esters is 1. The van der Waals surface area contributed by atoms with Crippen molar-refractivity contribution in [2.24, 2.45) is 0 Å². The van der Waals surface area contributed by atoms with Gasteiger partial charge in [0.1, 0.15) is 11.3 Å². The van der Waals surface area contributed by atoms with Gasteiger partial charge in [0.05, 0.1) is 12.7 Å². The van der Waals surface area contributed by atoms with Crippen LogP contribution in [0.3, 0.4) is 0 Å². The second-order valence-electron chi connectivity index (χ2n) is 6.02. The number of alkyl carbamates (subject to hydrolysis) is 1. The summed E-state index contributed by atoms with van der Waals surface area (Å²) in [5, 5.41) is 2.19. The molecule has 138 valence electrons. The van der Waals surface area contributed by atoms with Crippen molar-refractivity contribution >= 4 is 23.8 Å². The number of ether oxygens (including phenoxy) is 2. The van der Waals surface area contributed by atoms with E-state index in [9.17, 15) is 22.8 Å². The SMILES string of the molecule is COC(=O)/C(=C/c1ccc(C(F)(F)F)cc1N)NC(=O)OC(C)(C)C. The summed E-state index contributed by atoms with van der Waals surface area (Å²) in [4.78, 5) is 23.6. The maximum absolute atomic E-state index is 12.7. The molecule has 1 aromatic carbocycles. The predicted molar refractivity (Wildman–Crippen MR) is 85.2 cm³/mol. The molecule has 1 aromatic rings. The highest BCUT2D eigenvalue weighted by Gasteiger charge is 2.30. The molecular formula is C16H19F3N2O4. The summed E-state index contributed by atoms with van der Waals surface area (Å²) < 4.78 is 47.5. The van der Waals surface area contributed by atoms with E-state index in [-0.39, 0.29) is 16.9 Å². The van der Waals surface area contributed by atoms with Crippen LogP contribution in [0, 0.1) is 0 Å². The van der Waals surface area contributed by atoms with Crippen molar-refractivity contribution in [2.75, 3.05) is 12.8 Å². The third kappa shape index (κ3) is 6.36. The average molecular weight is 360 g/mol. The van der Waals surface area contributed by atoms with Gasteiger partial charge in [-0.2, -0.15) is 13.2 Å². The van der Waals surface area contributed by atoms with E-state index in [1.54, 1.807) is 20.8 Å². The summed E-state index contributed by atoms with van der Waals surface area (Å²) in [6.45, 7) is 4.88. The molecule has 0 aliphatic heterocycles. The molecule has 25 heavy (non-hydrogen) atoms. The van der Waals surface area contributed by atoms with Crippen LogP contribution in [0.5, 0.6) is 0 Å². The smallest absolute Gasteiger partial charge is 0.416 e. The lowest BCUT2D eigenvalue weighted by molar-refractivity contribution is -0.138. The lowest BCUT2D eigenvalue weighted by Gasteiger charge is -2.20. The Hall–Kier alpha value is -2.71. The predicted octanol–water partition coefficient (Wildman–Crippen LogP) is 3.33. The molecule has 0 unspecified atom stereocenters. The van der Waals surface area contributed by atoms with Gasteiger partial charge in [0.15, 0.2) is 0 Å². The highest BCUT2D eigenvalue weighted by atomic mass is 19.4. The fourth-order valence-corrected chi connectivity index (χ4v) is 1.71. The molecule has 9 heteroatoms. The monoisotopic (exact) mass is 360 g/mol. The Labute approximate surface area is 142 Å². The molecule has 0 aliphatic rings. The fourth-order valence-electron chi connectivity index (χ4n) is 1.71. The van der Waals surface area contributed by atoms with Crippen LogP contribution in [-0.4, -0.2) is 24.8 Å². The highest BCUT2D eigenvalue weighted by Crippen LogP contribution is 2.31. The van der Waals surface area contributed by atoms with Crippen LogP contribution < -0.4 is 11.1 Å². The van der Waals surface area contributed by atoms with E-state index < -0.39 is 29.4 Å². The topological polar surface area (TPSA) is 90.6 Å². The van der Waals surface area contributed by atoms with Crippen LogP contribution in [-0.2, 0) is 20.4 Å². The molecule has 0 radical (unpaired) electrons. The fraction of sp³-hybridized carbons (Fsp3) is 0.375. The zero-order chi connectivity index (χ0) is 19.4. The summed E-state index contributed by atoms with van der Waals surface area (Å²) in [7, 11) is 1.09. The quantitative estimate of drug-likeness (QED) is 0.490. The summed E-state index contributed by atoms with van der Waals surface area (Å²) >= 11 is 0. The maximum atomic E-state index is 12.7. The number of alkyl halides is 3. The number of hydrogen-bond acceptors (Lipinski definition) is 5. The first kappa shape index (κ1) is 20.3. The van der Waals surface area contributed by atoms with Crippen molar-refractivity contribution < 1.29 is 32.2 Å². The molecule has 0 fully saturated rings. The number of nitrogens with two attached hydrogens (primary N) is 1. The summed E-state index contributed by atoms with van der Waals surface area (Å²) in [5.74, 6) is -0.912. The molecule has 6 nitrogen and oxygen atoms in total. The molecule has 0 bridgehead atoms. The van der Waals surface area contributed by atoms with Crippen LogP contribution in [0.1, 0.15) is 31.9 Å². The Morgan fingerprint density at radius 3 is 2.24 bits per heavy atom. The first-order valence-electron chi connectivity index (χ1n) is 7.10. The highest BCUT2D eigenvalue weighted by molar-refractivity contribution is 5.97. The van der Waals surface area contributed by atoms with Crippen LogP contribution >= 0.6 is 0 Å². The van der Waals surface area contributed by atoms with Crippen LogP contribution in [0.2, 0.25) is 0 Å². The molecule has 3 N–H and O–H groups in total. The van der Waals surface area contributed by atoms with Gasteiger partial charge in [-0.25, -0.2) is 9.59 Å².